The maximum Gasteiger partial charge on any atom is 0.225 e. The zero-order chi connectivity index (χ0) is 15.0. The van der Waals surface area contributed by atoms with Crippen molar-refractivity contribution in [1.29, 1.82) is 0 Å². The lowest BCUT2D eigenvalue weighted by Crippen LogP contribution is -2.53. The Bertz CT molecular complexity index is 505. The van der Waals surface area contributed by atoms with Crippen LogP contribution < -0.4 is 4.90 Å². The van der Waals surface area contributed by atoms with Crippen LogP contribution in [0.5, 0.6) is 0 Å². The van der Waals surface area contributed by atoms with Gasteiger partial charge in [-0.25, -0.2) is 0 Å². The smallest absolute Gasteiger partial charge is 0.225 e. The second-order valence-electron chi connectivity index (χ2n) is 7.42. The summed E-state index contributed by atoms with van der Waals surface area (Å²) in [5.74, 6) is 0.670. The van der Waals surface area contributed by atoms with E-state index in [0.29, 0.717) is 11.3 Å². The van der Waals surface area contributed by atoms with E-state index in [0.717, 1.165) is 39.0 Å². The first-order valence-corrected chi connectivity index (χ1v) is 8.05. The number of hydrogen-bond acceptors (Lipinski definition) is 2. The first-order chi connectivity index (χ1) is 9.94. The molecule has 0 unspecified atom stereocenters. The van der Waals surface area contributed by atoms with E-state index in [-0.39, 0.29) is 5.92 Å². The fourth-order valence-corrected chi connectivity index (χ4v) is 3.65. The molecule has 1 saturated heterocycles. The molecular formula is C18H26N2O. The summed E-state index contributed by atoms with van der Waals surface area (Å²) in [6.07, 6.45) is 2.12. The molecule has 1 aromatic carbocycles. The molecule has 0 spiro atoms. The van der Waals surface area contributed by atoms with Gasteiger partial charge in [0.15, 0.2) is 0 Å². The zero-order valence-electron chi connectivity index (χ0n) is 13.4. The lowest BCUT2D eigenvalue weighted by molar-refractivity contribution is -0.142. The van der Waals surface area contributed by atoms with Gasteiger partial charge in [0.2, 0.25) is 5.91 Å². The van der Waals surface area contributed by atoms with Gasteiger partial charge in [0.1, 0.15) is 0 Å². The molecule has 21 heavy (non-hydrogen) atoms. The van der Waals surface area contributed by atoms with Gasteiger partial charge in [-0.1, -0.05) is 31.5 Å². The van der Waals surface area contributed by atoms with Crippen LogP contribution in [0, 0.1) is 18.3 Å². The van der Waals surface area contributed by atoms with Crippen LogP contribution in [0.4, 0.5) is 5.69 Å². The van der Waals surface area contributed by atoms with Crippen molar-refractivity contribution in [3.63, 3.8) is 0 Å². The minimum absolute atomic E-state index is 0.283. The summed E-state index contributed by atoms with van der Waals surface area (Å²) in [4.78, 5) is 16.9. The molecule has 1 aromatic rings. The third-order valence-corrected chi connectivity index (χ3v) is 4.94. The quantitative estimate of drug-likeness (QED) is 0.834. The number of hydrogen-bond donors (Lipinski definition) is 0. The summed E-state index contributed by atoms with van der Waals surface area (Å²) in [6.45, 7) is 10.3. The van der Waals surface area contributed by atoms with Crippen LogP contribution in [-0.2, 0) is 4.79 Å². The number of anilines is 1. The third kappa shape index (κ3) is 3.07. The van der Waals surface area contributed by atoms with Crippen molar-refractivity contribution in [2.75, 3.05) is 31.1 Å². The molecule has 0 bridgehead atoms. The second kappa shape index (κ2) is 5.36. The van der Waals surface area contributed by atoms with Crippen molar-refractivity contribution < 1.29 is 4.79 Å². The molecule has 0 N–H and O–H groups in total. The maximum atomic E-state index is 12.5. The topological polar surface area (TPSA) is 23.6 Å². The SMILES string of the molecule is Cc1ccc(N2CCN(C(=O)C3CC(C)(C)C3)CC2)cc1. The summed E-state index contributed by atoms with van der Waals surface area (Å²) >= 11 is 0. The van der Waals surface area contributed by atoms with Gasteiger partial charge in [0, 0.05) is 37.8 Å². The number of carbonyl (C=O) groups is 1. The lowest BCUT2D eigenvalue weighted by Gasteiger charge is -2.45. The maximum absolute atomic E-state index is 12.5. The fourth-order valence-electron chi connectivity index (χ4n) is 3.65. The molecule has 1 aliphatic heterocycles. The standard InChI is InChI=1S/C18H26N2O/c1-14-4-6-16(7-5-14)19-8-10-20(11-9-19)17(21)15-12-18(2,3)13-15/h4-7,15H,8-13H2,1-3H3. The van der Waals surface area contributed by atoms with Gasteiger partial charge in [-0.05, 0) is 37.3 Å². The molecule has 114 valence electrons. The number of carbonyl (C=O) groups excluding carboxylic acids is 1. The Morgan fingerprint density at radius 3 is 2.14 bits per heavy atom. The van der Waals surface area contributed by atoms with Gasteiger partial charge < -0.3 is 9.80 Å². The van der Waals surface area contributed by atoms with Crippen molar-refractivity contribution in [3.05, 3.63) is 29.8 Å². The number of nitrogens with zero attached hydrogens (tertiary/aromatic N) is 2. The van der Waals surface area contributed by atoms with Crippen LogP contribution in [0.15, 0.2) is 24.3 Å². The van der Waals surface area contributed by atoms with E-state index in [4.69, 9.17) is 0 Å². The average molecular weight is 286 g/mol. The Morgan fingerprint density at radius 2 is 1.62 bits per heavy atom. The largest absolute Gasteiger partial charge is 0.368 e. The molecule has 0 atom stereocenters. The lowest BCUT2D eigenvalue weighted by atomic mass is 9.64. The highest BCUT2D eigenvalue weighted by Gasteiger charge is 2.42. The van der Waals surface area contributed by atoms with Crippen LogP contribution in [-0.4, -0.2) is 37.0 Å². The normalized spacial score (nSPS) is 22.0. The van der Waals surface area contributed by atoms with Crippen molar-refractivity contribution >= 4 is 11.6 Å². The molecule has 2 fully saturated rings. The molecule has 1 amide bonds. The Morgan fingerprint density at radius 1 is 1.05 bits per heavy atom. The van der Waals surface area contributed by atoms with E-state index in [9.17, 15) is 4.79 Å². The van der Waals surface area contributed by atoms with Gasteiger partial charge in [0.25, 0.3) is 0 Å². The predicted molar refractivity (Wildman–Crippen MR) is 86.5 cm³/mol. The van der Waals surface area contributed by atoms with Crippen LogP contribution in [0.1, 0.15) is 32.3 Å². The van der Waals surface area contributed by atoms with E-state index in [1.807, 2.05) is 0 Å². The summed E-state index contributed by atoms with van der Waals surface area (Å²) in [5, 5.41) is 0. The molecule has 1 heterocycles. The summed E-state index contributed by atoms with van der Waals surface area (Å²) < 4.78 is 0. The Labute approximate surface area is 127 Å². The van der Waals surface area contributed by atoms with E-state index in [1.165, 1.54) is 11.3 Å². The summed E-state index contributed by atoms with van der Waals surface area (Å²) in [6, 6.07) is 8.68. The second-order valence-corrected chi connectivity index (χ2v) is 7.42. The highest BCUT2D eigenvalue weighted by atomic mass is 16.2. The van der Waals surface area contributed by atoms with Crippen molar-refractivity contribution in [2.24, 2.45) is 11.3 Å². The fraction of sp³-hybridized carbons (Fsp3) is 0.611. The van der Waals surface area contributed by atoms with Gasteiger partial charge >= 0.3 is 0 Å². The molecule has 1 aliphatic carbocycles. The van der Waals surface area contributed by atoms with Gasteiger partial charge in [-0.15, -0.1) is 0 Å². The van der Waals surface area contributed by atoms with Crippen LogP contribution in [0.3, 0.4) is 0 Å². The number of benzene rings is 1. The molecule has 0 aromatic heterocycles. The minimum Gasteiger partial charge on any atom is -0.368 e. The first-order valence-electron chi connectivity index (χ1n) is 8.05. The zero-order valence-corrected chi connectivity index (χ0v) is 13.4. The van der Waals surface area contributed by atoms with E-state index >= 15 is 0 Å². The molecule has 3 nitrogen and oxygen atoms in total. The van der Waals surface area contributed by atoms with Crippen LogP contribution in [0.25, 0.3) is 0 Å². The molecule has 1 saturated carbocycles. The number of piperazine rings is 1. The van der Waals surface area contributed by atoms with Gasteiger partial charge in [-0.3, -0.25) is 4.79 Å². The van der Waals surface area contributed by atoms with Crippen molar-refractivity contribution in [2.45, 2.75) is 33.6 Å². The van der Waals surface area contributed by atoms with E-state index in [2.05, 4.69) is 54.8 Å². The molecular weight excluding hydrogens is 260 g/mol. The predicted octanol–water partition coefficient (Wildman–Crippen LogP) is 3.08. The minimum atomic E-state index is 0.283. The average Bonchev–Trinajstić information content (AvgIpc) is 2.45. The molecule has 0 radical (unpaired) electrons. The monoisotopic (exact) mass is 286 g/mol. The van der Waals surface area contributed by atoms with Crippen LogP contribution >= 0.6 is 0 Å². The van der Waals surface area contributed by atoms with Gasteiger partial charge in [-0.2, -0.15) is 0 Å². The molecule has 3 rings (SSSR count). The summed E-state index contributed by atoms with van der Waals surface area (Å²) in [7, 11) is 0. The summed E-state index contributed by atoms with van der Waals surface area (Å²) in [5.41, 5.74) is 2.95. The highest BCUT2D eigenvalue weighted by molar-refractivity contribution is 5.80. The van der Waals surface area contributed by atoms with Crippen LogP contribution in [0.2, 0.25) is 0 Å². The Balaban J connectivity index is 1.53. The van der Waals surface area contributed by atoms with Crippen molar-refractivity contribution in [1.82, 2.24) is 4.90 Å². The first kappa shape index (κ1) is 14.4. The highest BCUT2D eigenvalue weighted by Crippen LogP contribution is 2.45. The molecule has 2 aliphatic rings. The Hall–Kier alpha value is -1.51. The number of aryl methyl sites for hydroxylation is 1. The van der Waals surface area contributed by atoms with E-state index in [1.54, 1.807) is 0 Å². The molecule has 3 heteroatoms. The number of amides is 1. The van der Waals surface area contributed by atoms with Gasteiger partial charge in [0.05, 0.1) is 0 Å². The number of rotatable bonds is 2. The third-order valence-electron chi connectivity index (χ3n) is 4.94. The van der Waals surface area contributed by atoms with E-state index < -0.39 is 0 Å². The Kier molecular flexibility index (Phi) is 3.68. The van der Waals surface area contributed by atoms with Crippen molar-refractivity contribution in [3.8, 4) is 0 Å².